The largest absolute Gasteiger partial charge is 0.496 e. The average Bonchev–Trinajstić information content (AvgIpc) is 2.61. The standard InChI is InChI=1S/C19H21N3OS/c1-4-24-19-14(11-20)18(13-7-5-6-8-17(13)23-3)15-12-22(2)10-9-16(15)21-19/h5-8H,4,9-10,12H2,1-3H3. The Hall–Kier alpha value is -2.03. The van der Waals surface area contributed by atoms with Crippen molar-refractivity contribution in [2.75, 3.05) is 26.5 Å². The Bertz CT molecular complexity index is 798. The molecule has 5 heteroatoms. The maximum Gasteiger partial charge on any atom is 0.126 e. The summed E-state index contributed by atoms with van der Waals surface area (Å²) in [4.78, 5) is 7.10. The van der Waals surface area contributed by atoms with Gasteiger partial charge in [-0.1, -0.05) is 25.1 Å². The summed E-state index contributed by atoms with van der Waals surface area (Å²) < 4.78 is 5.57. The summed E-state index contributed by atoms with van der Waals surface area (Å²) in [5.41, 5.74) is 4.90. The maximum absolute atomic E-state index is 9.86. The fraction of sp³-hybridized carbons (Fsp3) is 0.368. The van der Waals surface area contributed by atoms with Crippen LogP contribution in [-0.4, -0.2) is 36.3 Å². The van der Waals surface area contributed by atoms with E-state index in [9.17, 15) is 5.26 Å². The highest BCUT2D eigenvalue weighted by Crippen LogP contribution is 2.40. The van der Waals surface area contributed by atoms with Gasteiger partial charge < -0.3 is 9.64 Å². The van der Waals surface area contributed by atoms with Gasteiger partial charge in [-0.05, 0) is 24.4 Å². The molecule has 0 saturated carbocycles. The summed E-state index contributed by atoms with van der Waals surface area (Å²) in [6, 6.07) is 10.3. The first kappa shape index (κ1) is 16.8. The molecule has 0 fully saturated rings. The molecule has 1 aromatic carbocycles. The normalized spacial score (nSPS) is 14.1. The lowest BCUT2D eigenvalue weighted by molar-refractivity contribution is 0.309. The molecule has 0 unspecified atom stereocenters. The third kappa shape index (κ3) is 3.00. The second-order valence-corrected chi connectivity index (χ2v) is 7.08. The van der Waals surface area contributed by atoms with Crippen LogP contribution in [0.2, 0.25) is 0 Å². The minimum atomic E-state index is 0.667. The maximum atomic E-state index is 9.86. The van der Waals surface area contributed by atoms with Crippen LogP contribution in [0.3, 0.4) is 0 Å². The van der Waals surface area contributed by atoms with Crippen LogP contribution in [0.4, 0.5) is 0 Å². The molecule has 4 nitrogen and oxygen atoms in total. The van der Waals surface area contributed by atoms with Crippen molar-refractivity contribution in [3.8, 4) is 22.9 Å². The number of nitrogens with zero attached hydrogens (tertiary/aromatic N) is 3. The molecule has 0 radical (unpaired) electrons. The number of ether oxygens (including phenoxy) is 1. The Morgan fingerprint density at radius 1 is 1.38 bits per heavy atom. The van der Waals surface area contributed by atoms with Crippen molar-refractivity contribution in [1.82, 2.24) is 9.88 Å². The molecular formula is C19H21N3OS. The molecule has 1 aromatic heterocycles. The van der Waals surface area contributed by atoms with E-state index >= 15 is 0 Å². The number of nitriles is 1. The molecule has 24 heavy (non-hydrogen) atoms. The van der Waals surface area contributed by atoms with Crippen LogP contribution in [-0.2, 0) is 13.0 Å². The molecule has 0 aliphatic carbocycles. The predicted molar refractivity (Wildman–Crippen MR) is 97.4 cm³/mol. The van der Waals surface area contributed by atoms with Gasteiger partial charge in [0.25, 0.3) is 0 Å². The topological polar surface area (TPSA) is 49.1 Å². The summed E-state index contributed by atoms with van der Waals surface area (Å²) in [5, 5.41) is 10.7. The van der Waals surface area contributed by atoms with E-state index in [0.717, 1.165) is 58.4 Å². The molecule has 0 N–H and O–H groups in total. The zero-order chi connectivity index (χ0) is 17.1. The fourth-order valence-electron chi connectivity index (χ4n) is 3.16. The van der Waals surface area contributed by atoms with E-state index in [4.69, 9.17) is 9.72 Å². The van der Waals surface area contributed by atoms with Crippen molar-refractivity contribution < 1.29 is 4.74 Å². The van der Waals surface area contributed by atoms with E-state index in [0.29, 0.717) is 5.56 Å². The van der Waals surface area contributed by atoms with Crippen LogP contribution in [0.25, 0.3) is 11.1 Å². The minimum absolute atomic E-state index is 0.667. The van der Waals surface area contributed by atoms with Gasteiger partial charge in [-0.15, -0.1) is 11.8 Å². The molecular weight excluding hydrogens is 318 g/mol. The van der Waals surface area contributed by atoms with E-state index in [1.54, 1.807) is 18.9 Å². The van der Waals surface area contributed by atoms with Gasteiger partial charge in [0.15, 0.2) is 0 Å². The number of aromatic nitrogens is 1. The molecule has 1 aliphatic rings. The quantitative estimate of drug-likeness (QED) is 0.795. The van der Waals surface area contributed by atoms with Crippen LogP contribution in [0.1, 0.15) is 23.7 Å². The number of methoxy groups -OCH3 is 1. The van der Waals surface area contributed by atoms with Crippen LogP contribution in [0.15, 0.2) is 29.3 Å². The summed E-state index contributed by atoms with van der Waals surface area (Å²) in [6.07, 6.45) is 0.914. The Labute approximate surface area is 147 Å². The monoisotopic (exact) mass is 339 g/mol. The first-order valence-corrected chi connectivity index (χ1v) is 9.08. The van der Waals surface area contributed by atoms with Crippen LogP contribution >= 0.6 is 11.8 Å². The van der Waals surface area contributed by atoms with E-state index in [1.807, 2.05) is 24.3 Å². The molecule has 0 spiro atoms. The summed E-state index contributed by atoms with van der Waals surface area (Å²) >= 11 is 1.63. The minimum Gasteiger partial charge on any atom is -0.496 e. The lowest BCUT2D eigenvalue weighted by Crippen LogP contribution is -2.28. The number of para-hydroxylation sites is 1. The van der Waals surface area contributed by atoms with Crippen molar-refractivity contribution in [3.05, 3.63) is 41.1 Å². The van der Waals surface area contributed by atoms with E-state index in [2.05, 4.69) is 24.9 Å². The smallest absolute Gasteiger partial charge is 0.126 e. The summed E-state index contributed by atoms with van der Waals surface area (Å²) in [5.74, 6) is 1.69. The molecule has 0 saturated heterocycles. The Kier molecular flexibility index (Phi) is 5.08. The summed E-state index contributed by atoms with van der Waals surface area (Å²) in [7, 11) is 3.78. The third-order valence-corrected chi connectivity index (χ3v) is 5.14. The lowest BCUT2D eigenvalue weighted by Gasteiger charge is -2.28. The molecule has 1 aliphatic heterocycles. The molecule has 2 aromatic rings. The molecule has 0 amide bonds. The Balaban J connectivity index is 2.33. The highest BCUT2D eigenvalue weighted by atomic mass is 32.2. The second-order valence-electron chi connectivity index (χ2n) is 5.83. The number of likely N-dealkylation sites (N-methyl/N-ethyl adjacent to an activating group) is 1. The molecule has 3 rings (SSSR count). The second kappa shape index (κ2) is 7.25. The van der Waals surface area contributed by atoms with Gasteiger partial charge >= 0.3 is 0 Å². The molecule has 0 bridgehead atoms. The third-order valence-electron chi connectivity index (χ3n) is 4.28. The molecule has 2 heterocycles. The number of fused-ring (bicyclic) bond motifs is 1. The number of thioether (sulfide) groups is 1. The van der Waals surface area contributed by atoms with Crippen molar-refractivity contribution in [2.24, 2.45) is 0 Å². The number of rotatable bonds is 4. The van der Waals surface area contributed by atoms with Gasteiger partial charge in [-0.25, -0.2) is 4.98 Å². The van der Waals surface area contributed by atoms with Gasteiger partial charge in [0.1, 0.15) is 16.8 Å². The lowest BCUT2D eigenvalue weighted by atomic mass is 9.91. The number of pyridine rings is 1. The van der Waals surface area contributed by atoms with Crippen molar-refractivity contribution in [1.29, 1.82) is 5.26 Å². The molecule has 0 atom stereocenters. The van der Waals surface area contributed by atoms with Crippen LogP contribution in [0.5, 0.6) is 5.75 Å². The zero-order valence-corrected chi connectivity index (χ0v) is 15.1. The first-order chi connectivity index (χ1) is 11.7. The Morgan fingerprint density at radius 3 is 2.88 bits per heavy atom. The van der Waals surface area contributed by atoms with Gasteiger partial charge in [-0.3, -0.25) is 0 Å². The van der Waals surface area contributed by atoms with Gasteiger partial charge in [-0.2, -0.15) is 5.26 Å². The SMILES string of the molecule is CCSc1nc2c(c(-c3ccccc3OC)c1C#N)CN(C)CC2. The van der Waals surface area contributed by atoms with Crippen LogP contribution in [0, 0.1) is 11.3 Å². The van der Waals surface area contributed by atoms with Gasteiger partial charge in [0.05, 0.1) is 12.7 Å². The average molecular weight is 339 g/mol. The zero-order valence-electron chi connectivity index (χ0n) is 14.3. The molecule has 124 valence electrons. The highest BCUT2D eigenvalue weighted by Gasteiger charge is 2.26. The Morgan fingerprint density at radius 2 is 2.17 bits per heavy atom. The number of benzene rings is 1. The van der Waals surface area contributed by atoms with Gasteiger partial charge in [0, 0.05) is 36.3 Å². The van der Waals surface area contributed by atoms with E-state index in [1.165, 1.54) is 0 Å². The number of hydrogen-bond donors (Lipinski definition) is 0. The number of hydrogen-bond acceptors (Lipinski definition) is 5. The van der Waals surface area contributed by atoms with E-state index in [-0.39, 0.29) is 0 Å². The highest BCUT2D eigenvalue weighted by molar-refractivity contribution is 7.99. The van der Waals surface area contributed by atoms with Crippen LogP contribution < -0.4 is 4.74 Å². The fourth-order valence-corrected chi connectivity index (χ4v) is 3.90. The van der Waals surface area contributed by atoms with Crippen molar-refractivity contribution >= 4 is 11.8 Å². The predicted octanol–water partition coefficient (Wildman–Crippen LogP) is 3.73. The van der Waals surface area contributed by atoms with Gasteiger partial charge in [0.2, 0.25) is 0 Å². The summed E-state index contributed by atoms with van der Waals surface area (Å²) in [6.45, 7) is 3.89. The van der Waals surface area contributed by atoms with Crippen molar-refractivity contribution in [2.45, 2.75) is 24.9 Å². The van der Waals surface area contributed by atoms with E-state index < -0.39 is 0 Å². The van der Waals surface area contributed by atoms with Crippen molar-refractivity contribution in [3.63, 3.8) is 0 Å². The first-order valence-electron chi connectivity index (χ1n) is 8.10.